The molecule has 0 bridgehead atoms. The molecule has 2 aliphatic rings. The minimum Gasteiger partial charge on any atom is -0.293 e. The molecule has 5 rings (SSSR count). The van der Waals surface area contributed by atoms with Crippen LogP contribution >= 0.6 is 11.6 Å². The molecule has 0 saturated heterocycles. The van der Waals surface area contributed by atoms with Crippen LogP contribution in [0.25, 0.3) is 5.69 Å². The number of nitrogens with zero attached hydrogens (tertiary/aromatic N) is 6. The first-order valence-corrected chi connectivity index (χ1v) is 8.32. The third-order valence-electron chi connectivity index (χ3n) is 4.38. The average molecular weight is 353 g/mol. The van der Waals surface area contributed by atoms with Crippen LogP contribution in [0.3, 0.4) is 0 Å². The van der Waals surface area contributed by atoms with Crippen molar-refractivity contribution in [3.05, 3.63) is 69.4 Å². The van der Waals surface area contributed by atoms with Gasteiger partial charge in [0.25, 0.3) is 0 Å². The lowest BCUT2D eigenvalue weighted by atomic mass is 10.1. The average Bonchev–Trinajstić information content (AvgIpc) is 3.22. The number of fused-ring (bicyclic) bond motifs is 6. The van der Waals surface area contributed by atoms with Gasteiger partial charge < -0.3 is 0 Å². The fraction of sp³-hybridized carbons (Fsp3) is 0.176. The van der Waals surface area contributed by atoms with Crippen molar-refractivity contribution in [3.8, 4) is 5.69 Å². The van der Waals surface area contributed by atoms with Gasteiger partial charge in [0.05, 0.1) is 24.5 Å². The van der Waals surface area contributed by atoms with Crippen LogP contribution in [0.5, 0.6) is 0 Å². The van der Waals surface area contributed by atoms with Crippen LogP contribution in [0.2, 0.25) is 5.02 Å². The first-order valence-electron chi connectivity index (χ1n) is 7.94. The minimum absolute atomic E-state index is 0.213. The third-order valence-corrected chi connectivity index (χ3v) is 4.62. The highest BCUT2D eigenvalue weighted by Crippen LogP contribution is 2.31. The van der Waals surface area contributed by atoms with Crippen LogP contribution < -0.4 is 10.6 Å². The van der Waals surface area contributed by atoms with Gasteiger partial charge in [-0.3, -0.25) is 14.9 Å². The van der Waals surface area contributed by atoms with Crippen LogP contribution in [-0.2, 0) is 6.54 Å². The van der Waals surface area contributed by atoms with Gasteiger partial charge in [0.2, 0.25) is 5.95 Å². The Hall–Kier alpha value is -2.93. The van der Waals surface area contributed by atoms with E-state index in [9.17, 15) is 4.79 Å². The summed E-state index contributed by atoms with van der Waals surface area (Å²) in [6.07, 6.45) is 1.71. The maximum absolute atomic E-state index is 13.0. The molecule has 0 amide bonds. The molecule has 1 aromatic carbocycles. The number of hydrogen-bond acceptors (Lipinski definition) is 5. The van der Waals surface area contributed by atoms with Crippen molar-refractivity contribution in [1.82, 2.24) is 19.3 Å². The lowest BCUT2D eigenvalue weighted by molar-refractivity contribution is 0.641. The summed E-state index contributed by atoms with van der Waals surface area (Å²) >= 11 is 6.17. The molecular formula is C17H13ClN6O. The smallest absolute Gasteiger partial charge is 0.293 e. The molecule has 0 unspecified atom stereocenters. The molecule has 124 valence electrons. The number of aromatic nitrogens is 4. The molecule has 0 N–H and O–H groups in total. The standard InChI is InChI=1S/C17H13ClN6O/c18-11-4-5-13-14(9-11)24-16(22-8-7-20-15(13)22)21-23(17(24)25)10-12-3-1-2-6-19-12/h1-6,9H,7-8,10H2. The highest BCUT2D eigenvalue weighted by atomic mass is 35.5. The highest BCUT2D eigenvalue weighted by molar-refractivity contribution is 6.31. The summed E-state index contributed by atoms with van der Waals surface area (Å²) in [7, 11) is 0. The second-order valence-corrected chi connectivity index (χ2v) is 6.35. The molecule has 0 fully saturated rings. The van der Waals surface area contributed by atoms with Gasteiger partial charge in [-0.15, -0.1) is 5.10 Å². The zero-order chi connectivity index (χ0) is 17.0. The van der Waals surface area contributed by atoms with Gasteiger partial charge >= 0.3 is 5.69 Å². The number of aliphatic imine (C=N–C) groups is 1. The molecule has 25 heavy (non-hydrogen) atoms. The molecule has 7 nitrogen and oxygen atoms in total. The summed E-state index contributed by atoms with van der Waals surface area (Å²) in [5.41, 5.74) is 2.18. The number of pyridine rings is 1. The lowest BCUT2D eigenvalue weighted by Gasteiger charge is -2.26. The van der Waals surface area contributed by atoms with E-state index in [2.05, 4.69) is 15.1 Å². The predicted octanol–water partition coefficient (Wildman–Crippen LogP) is 1.71. The van der Waals surface area contributed by atoms with Crippen LogP contribution in [0.1, 0.15) is 11.3 Å². The van der Waals surface area contributed by atoms with E-state index in [1.807, 2.05) is 35.2 Å². The van der Waals surface area contributed by atoms with Crippen molar-refractivity contribution in [3.63, 3.8) is 0 Å². The number of anilines is 1. The fourth-order valence-corrected chi connectivity index (χ4v) is 3.45. The zero-order valence-electron chi connectivity index (χ0n) is 13.1. The minimum atomic E-state index is -0.213. The molecule has 0 spiro atoms. The molecule has 0 aliphatic carbocycles. The maximum atomic E-state index is 13.0. The van der Waals surface area contributed by atoms with Crippen molar-refractivity contribution in [2.24, 2.45) is 4.99 Å². The SMILES string of the molecule is O=c1n(Cc2ccccn2)nc2n1-c1cc(Cl)ccc1C1=NCCN12. The van der Waals surface area contributed by atoms with E-state index < -0.39 is 0 Å². The van der Waals surface area contributed by atoms with E-state index in [0.29, 0.717) is 30.6 Å². The quantitative estimate of drug-likeness (QED) is 0.704. The van der Waals surface area contributed by atoms with Gasteiger partial charge in [-0.25, -0.2) is 14.0 Å². The first-order chi connectivity index (χ1) is 12.2. The molecule has 3 aromatic rings. The van der Waals surface area contributed by atoms with Gasteiger partial charge in [-0.1, -0.05) is 17.7 Å². The summed E-state index contributed by atoms with van der Waals surface area (Å²) in [6, 6.07) is 11.1. The van der Waals surface area contributed by atoms with E-state index in [0.717, 1.165) is 22.8 Å². The van der Waals surface area contributed by atoms with Crippen LogP contribution in [0, 0.1) is 0 Å². The van der Waals surface area contributed by atoms with Gasteiger partial charge in [0, 0.05) is 23.3 Å². The summed E-state index contributed by atoms with van der Waals surface area (Å²) in [4.78, 5) is 23.8. The maximum Gasteiger partial charge on any atom is 0.352 e. The molecule has 4 heterocycles. The largest absolute Gasteiger partial charge is 0.352 e. The Morgan fingerprint density at radius 1 is 1.20 bits per heavy atom. The Labute approximate surface area is 147 Å². The van der Waals surface area contributed by atoms with E-state index in [4.69, 9.17) is 11.6 Å². The highest BCUT2D eigenvalue weighted by Gasteiger charge is 2.34. The Kier molecular flexibility index (Phi) is 3.05. The number of benzene rings is 1. The monoisotopic (exact) mass is 352 g/mol. The van der Waals surface area contributed by atoms with Crippen LogP contribution in [-0.4, -0.2) is 38.3 Å². The van der Waals surface area contributed by atoms with Gasteiger partial charge in [0.15, 0.2) is 0 Å². The van der Waals surface area contributed by atoms with E-state index in [1.54, 1.807) is 16.8 Å². The van der Waals surface area contributed by atoms with Crippen molar-refractivity contribution < 1.29 is 0 Å². The van der Waals surface area contributed by atoms with Gasteiger partial charge in [0.1, 0.15) is 5.84 Å². The van der Waals surface area contributed by atoms with E-state index in [-0.39, 0.29) is 5.69 Å². The Morgan fingerprint density at radius 3 is 2.96 bits per heavy atom. The summed E-state index contributed by atoms with van der Waals surface area (Å²) in [5.74, 6) is 1.42. The molecule has 0 saturated carbocycles. The summed E-state index contributed by atoms with van der Waals surface area (Å²) in [6.45, 7) is 1.70. The Bertz CT molecular complexity index is 1070. The first kappa shape index (κ1) is 14.4. The molecule has 8 heteroatoms. The topological polar surface area (TPSA) is 68.3 Å². The molecular weight excluding hydrogens is 340 g/mol. The molecule has 0 atom stereocenters. The second kappa shape index (κ2) is 5.29. The van der Waals surface area contributed by atoms with Gasteiger partial charge in [-0.2, -0.15) is 0 Å². The normalized spacial score (nSPS) is 14.8. The number of halogens is 1. The Morgan fingerprint density at radius 2 is 2.12 bits per heavy atom. The van der Waals surface area contributed by atoms with Crippen molar-refractivity contribution >= 4 is 23.4 Å². The second-order valence-electron chi connectivity index (χ2n) is 5.92. The van der Waals surface area contributed by atoms with Crippen LogP contribution in [0.4, 0.5) is 5.95 Å². The van der Waals surface area contributed by atoms with Crippen molar-refractivity contribution in [1.29, 1.82) is 0 Å². The summed E-state index contributed by atoms with van der Waals surface area (Å²) < 4.78 is 3.04. The van der Waals surface area contributed by atoms with Crippen molar-refractivity contribution in [2.45, 2.75) is 6.54 Å². The predicted molar refractivity (Wildman–Crippen MR) is 94.9 cm³/mol. The molecule has 2 aliphatic heterocycles. The zero-order valence-corrected chi connectivity index (χ0v) is 13.9. The lowest BCUT2D eigenvalue weighted by Crippen LogP contribution is -2.37. The summed E-state index contributed by atoms with van der Waals surface area (Å²) in [5, 5.41) is 5.12. The number of amidine groups is 1. The molecule has 2 aromatic heterocycles. The van der Waals surface area contributed by atoms with E-state index in [1.165, 1.54) is 4.68 Å². The fourth-order valence-electron chi connectivity index (χ4n) is 3.28. The van der Waals surface area contributed by atoms with Crippen LogP contribution in [0.15, 0.2) is 52.4 Å². The Balaban J connectivity index is 1.71. The van der Waals surface area contributed by atoms with E-state index >= 15 is 0 Å². The number of hydrogen-bond donors (Lipinski definition) is 0. The number of rotatable bonds is 2. The molecule has 0 radical (unpaired) electrons. The van der Waals surface area contributed by atoms with Crippen molar-refractivity contribution in [2.75, 3.05) is 18.0 Å². The third kappa shape index (κ3) is 2.12. The van der Waals surface area contributed by atoms with Gasteiger partial charge in [-0.05, 0) is 30.3 Å².